The lowest BCUT2D eigenvalue weighted by Crippen LogP contribution is -2.50. The number of carbonyl (C=O) groups excluding carboxylic acids is 1. The van der Waals surface area contributed by atoms with Crippen LogP contribution in [0.1, 0.15) is 10.4 Å². The molecule has 1 amide bonds. The maximum atomic E-state index is 13.8. The third-order valence-electron chi connectivity index (χ3n) is 4.31. The third kappa shape index (κ3) is 3.56. The van der Waals surface area contributed by atoms with E-state index < -0.39 is 15.8 Å². The summed E-state index contributed by atoms with van der Waals surface area (Å²) in [4.78, 5) is 13.9. The molecule has 3 rings (SSSR count). The number of hydrogen-bond acceptors (Lipinski definition) is 4. The van der Waals surface area contributed by atoms with Crippen LogP contribution in [-0.2, 0) is 10.0 Å². The topological polar surface area (TPSA) is 66.9 Å². The van der Waals surface area contributed by atoms with Crippen molar-refractivity contribution in [1.29, 1.82) is 0 Å². The highest BCUT2D eigenvalue weighted by molar-refractivity contribution is 7.89. The van der Waals surface area contributed by atoms with Crippen LogP contribution in [0.2, 0.25) is 0 Å². The van der Waals surface area contributed by atoms with Gasteiger partial charge in [0.05, 0.1) is 12.0 Å². The Hall–Kier alpha value is -2.45. The fraction of sp³-hybridized carbons (Fsp3) is 0.278. The van der Waals surface area contributed by atoms with E-state index in [1.54, 1.807) is 29.2 Å². The third-order valence-corrected chi connectivity index (χ3v) is 6.20. The summed E-state index contributed by atoms with van der Waals surface area (Å²) in [5, 5.41) is 0. The molecule has 26 heavy (non-hydrogen) atoms. The van der Waals surface area contributed by atoms with Gasteiger partial charge in [-0.15, -0.1) is 0 Å². The summed E-state index contributed by atoms with van der Waals surface area (Å²) in [6, 6.07) is 12.4. The first-order chi connectivity index (χ1) is 12.4. The second-order valence-corrected chi connectivity index (χ2v) is 7.80. The Bertz CT molecular complexity index is 895. The number of piperazine rings is 1. The van der Waals surface area contributed by atoms with Gasteiger partial charge in [-0.2, -0.15) is 4.31 Å². The molecule has 2 aromatic carbocycles. The molecule has 0 radical (unpaired) electrons. The molecule has 0 unspecified atom stereocenters. The fourth-order valence-electron chi connectivity index (χ4n) is 2.85. The Morgan fingerprint density at radius 1 is 1.04 bits per heavy atom. The Kier molecular flexibility index (Phi) is 5.24. The average Bonchev–Trinajstić information content (AvgIpc) is 2.68. The molecule has 0 spiro atoms. The van der Waals surface area contributed by atoms with Gasteiger partial charge in [0.15, 0.2) is 11.6 Å². The molecule has 1 aliphatic rings. The maximum Gasteiger partial charge on any atom is 0.253 e. The molecule has 1 heterocycles. The smallest absolute Gasteiger partial charge is 0.253 e. The van der Waals surface area contributed by atoms with Crippen molar-refractivity contribution in [1.82, 2.24) is 9.21 Å². The lowest BCUT2D eigenvalue weighted by atomic mass is 10.2. The average molecular weight is 378 g/mol. The van der Waals surface area contributed by atoms with Crippen molar-refractivity contribution in [3.8, 4) is 5.75 Å². The van der Waals surface area contributed by atoms with Crippen LogP contribution >= 0.6 is 0 Å². The van der Waals surface area contributed by atoms with Crippen molar-refractivity contribution in [3.63, 3.8) is 0 Å². The molecule has 8 heteroatoms. The number of sulfonamides is 1. The van der Waals surface area contributed by atoms with Crippen LogP contribution in [0, 0.1) is 5.82 Å². The molecule has 138 valence electrons. The summed E-state index contributed by atoms with van der Waals surface area (Å²) < 4.78 is 45.3. The van der Waals surface area contributed by atoms with Gasteiger partial charge in [-0.1, -0.05) is 18.2 Å². The van der Waals surface area contributed by atoms with Crippen LogP contribution in [0.25, 0.3) is 0 Å². The molecule has 0 N–H and O–H groups in total. The van der Waals surface area contributed by atoms with E-state index in [0.717, 1.165) is 6.07 Å². The number of ether oxygens (including phenoxy) is 1. The summed E-state index contributed by atoms with van der Waals surface area (Å²) in [5.74, 6) is -0.869. The van der Waals surface area contributed by atoms with Gasteiger partial charge in [0, 0.05) is 31.7 Å². The molecule has 0 aliphatic carbocycles. The first kappa shape index (κ1) is 18.3. The zero-order valence-electron chi connectivity index (χ0n) is 14.3. The van der Waals surface area contributed by atoms with E-state index in [4.69, 9.17) is 4.74 Å². The van der Waals surface area contributed by atoms with Gasteiger partial charge in [0.2, 0.25) is 10.0 Å². The number of amides is 1. The predicted molar refractivity (Wildman–Crippen MR) is 94.1 cm³/mol. The van der Waals surface area contributed by atoms with E-state index in [2.05, 4.69) is 0 Å². The van der Waals surface area contributed by atoms with Gasteiger partial charge in [-0.05, 0) is 30.3 Å². The molecular formula is C18H19FN2O4S. The van der Waals surface area contributed by atoms with Gasteiger partial charge in [-0.3, -0.25) is 4.79 Å². The molecular weight excluding hydrogens is 359 g/mol. The van der Waals surface area contributed by atoms with Crippen molar-refractivity contribution >= 4 is 15.9 Å². The van der Waals surface area contributed by atoms with Crippen LogP contribution in [-0.4, -0.2) is 56.8 Å². The predicted octanol–water partition coefficient (Wildman–Crippen LogP) is 1.98. The molecule has 6 nitrogen and oxygen atoms in total. The fourth-order valence-corrected chi connectivity index (χ4v) is 4.29. The quantitative estimate of drug-likeness (QED) is 0.816. The second kappa shape index (κ2) is 7.43. The van der Waals surface area contributed by atoms with Crippen LogP contribution in [0.5, 0.6) is 5.75 Å². The van der Waals surface area contributed by atoms with E-state index >= 15 is 0 Å². The Morgan fingerprint density at radius 2 is 1.69 bits per heavy atom. The van der Waals surface area contributed by atoms with Crippen LogP contribution < -0.4 is 4.74 Å². The number of carbonyl (C=O) groups is 1. The largest absolute Gasteiger partial charge is 0.494 e. The number of halogens is 1. The van der Waals surface area contributed by atoms with Crippen molar-refractivity contribution in [2.45, 2.75) is 4.90 Å². The zero-order chi connectivity index (χ0) is 18.7. The molecule has 1 saturated heterocycles. The maximum absolute atomic E-state index is 13.8. The van der Waals surface area contributed by atoms with Crippen molar-refractivity contribution in [3.05, 3.63) is 59.9 Å². The minimum atomic E-state index is -3.82. The standard InChI is InChI=1S/C18H19FN2O4S/c1-25-17-8-7-15(13-16(17)19)26(23,24)21-11-9-20(10-12-21)18(22)14-5-3-2-4-6-14/h2-8,13H,9-12H2,1H3. The van der Waals surface area contributed by atoms with Crippen molar-refractivity contribution in [2.75, 3.05) is 33.3 Å². The van der Waals surface area contributed by atoms with Gasteiger partial charge < -0.3 is 9.64 Å². The van der Waals surface area contributed by atoms with Crippen LogP contribution in [0.15, 0.2) is 53.4 Å². The SMILES string of the molecule is COc1ccc(S(=O)(=O)N2CCN(C(=O)c3ccccc3)CC2)cc1F. The summed E-state index contributed by atoms with van der Waals surface area (Å²) in [7, 11) is -2.51. The highest BCUT2D eigenvalue weighted by Gasteiger charge is 2.31. The number of rotatable bonds is 4. The first-order valence-electron chi connectivity index (χ1n) is 8.11. The molecule has 0 atom stereocenters. The molecule has 0 bridgehead atoms. The number of nitrogens with zero attached hydrogens (tertiary/aromatic N) is 2. The van der Waals surface area contributed by atoms with Gasteiger partial charge in [0.1, 0.15) is 0 Å². The number of hydrogen-bond donors (Lipinski definition) is 0. The van der Waals surface area contributed by atoms with Gasteiger partial charge >= 0.3 is 0 Å². The minimum Gasteiger partial charge on any atom is -0.494 e. The van der Waals surface area contributed by atoms with E-state index in [0.29, 0.717) is 5.56 Å². The molecule has 1 fully saturated rings. The normalized spacial score (nSPS) is 15.7. The van der Waals surface area contributed by atoms with E-state index in [-0.39, 0.29) is 42.7 Å². The lowest BCUT2D eigenvalue weighted by molar-refractivity contribution is 0.0698. The summed E-state index contributed by atoms with van der Waals surface area (Å²) in [6.45, 7) is 0.889. The van der Waals surface area contributed by atoms with E-state index in [1.807, 2.05) is 6.07 Å². The van der Waals surface area contributed by atoms with E-state index in [1.165, 1.54) is 23.5 Å². The van der Waals surface area contributed by atoms with E-state index in [9.17, 15) is 17.6 Å². The molecule has 0 aromatic heterocycles. The monoisotopic (exact) mass is 378 g/mol. The first-order valence-corrected chi connectivity index (χ1v) is 9.55. The van der Waals surface area contributed by atoms with Gasteiger partial charge in [-0.25, -0.2) is 12.8 Å². The second-order valence-electron chi connectivity index (χ2n) is 5.86. The minimum absolute atomic E-state index is 0.0118. The number of benzene rings is 2. The molecule has 2 aromatic rings. The lowest BCUT2D eigenvalue weighted by Gasteiger charge is -2.34. The summed E-state index contributed by atoms with van der Waals surface area (Å²) in [6.07, 6.45) is 0. The summed E-state index contributed by atoms with van der Waals surface area (Å²) >= 11 is 0. The van der Waals surface area contributed by atoms with Gasteiger partial charge in [0.25, 0.3) is 5.91 Å². The summed E-state index contributed by atoms with van der Waals surface area (Å²) in [5.41, 5.74) is 0.570. The molecule has 0 saturated carbocycles. The Labute approximate surface area is 151 Å². The highest BCUT2D eigenvalue weighted by Crippen LogP contribution is 2.24. The molecule has 1 aliphatic heterocycles. The Balaban J connectivity index is 1.71. The zero-order valence-corrected chi connectivity index (χ0v) is 15.1. The van der Waals surface area contributed by atoms with Crippen LogP contribution in [0.4, 0.5) is 4.39 Å². The van der Waals surface area contributed by atoms with Crippen LogP contribution in [0.3, 0.4) is 0 Å². The highest BCUT2D eigenvalue weighted by atomic mass is 32.2. The van der Waals surface area contributed by atoms with Crippen molar-refractivity contribution < 1.29 is 22.3 Å². The van der Waals surface area contributed by atoms with Crippen molar-refractivity contribution in [2.24, 2.45) is 0 Å². The number of methoxy groups -OCH3 is 1. The Morgan fingerprint density at radius 3 is 2.27 bits per heavy atom.